The largest absolute Gasteiger partial charge is 0.416 e. The van der Waals surface area contributed by atoms with Crippen LogP contribution in [0, 0.1) is 6.92 Å². The van der Waals surface area contributed by atoms with Crippen molar-refractivity contribution in [2.75, 3.05) is 4.72 Å². The van der Waals surface area contributed by atoms with E-state index in [9.17, 15) is 21.6 Å². The fraction of sp³-hybridized carbons (Fsp3) is 0.0870. The molecular formula is C23H19F3N4O2S. The number of halogens is 3. The second-order valence-electron chi connectivity index (χ2n) is 7.45. The number of aromatic amines is 1. The molecule has 4 rings (SSSR count). The van der Waals surface area contributed by atoms with Gasteiger partial charge in [-0.3, -0.25) is 4.72 Å². The molecule has 4 aromatic rings. The predicted molar refractivity (Wildman–Crippen MR) is 123 cm³/mol. The van der Waals surface area contributed by atoms with Crippen LogP contribution in [0.15, 0.2) is 60.7 Å². The number of fused-ring (bicyclic) bond motifs is 1. The highest BCUT2D eigenvalue weighted by Gasteiger charge is 2.29. The number of nitrogens with one attached hydrogen (secondary N) is 2. The van der Waals surface area contributed by atoms with Gasteiger partial charge in [-0.15, -0.1) is 0 Å². The summed E-state index contributed by atoms with van der Waals surface area (Å²) in [6, 6.07) is 15.6. The number of rotatable bonds is 5. The van der Waals surface area contributed by atoms with Crippen molar-refractivity contribution < 1.29 is 21.6 Å². The van der Waals surface area contributed by atoms with Gasteiger partial charge < -0.3 is 4.98 Å². The Hall–Kier alpha value is -3.63. The molecule has 0 amide bonds. The van der Waals surface area contributed by atoms with Gasteiger partial charge in [0.25, 0.3) is 10.2 Å². The van der Waals surface area contributed by atoms with E-state index in [4.69, 9.17) is 5.14 Å². The summed E-state index contributed by atoms with van der Waals surface area (Å²) in [7, 11) is -3.95. The minimum Gasteiger partial charge on any atom is -0.338 e. The van der Waals surface area contributed by atoms with E-state index in [1.165, 1.54) is 12.1 Å². The standard InChI is InChI=1S/C23H19F3N4O2S/c1-14-3-2-4-18(22(14)30-33(27,31)32)16-8-11-19-20(13-16)29-21(28-19)12-7-15-5-9-17(10-6-15)23(24,25)26/h2-13,30H,1H3,(H,28,29)(H2,27,31,32)/b12-7+. The Morgan fingerprint density at radius 1 is 1.03 bits per heavy atom. The fourth-order valence-electron chi connectivity index (χ4n) is 3.42. The van der Waals surface area contributed by atoms with Crippen molar-refractivity contribution in [2.45, 2.75) is 13.1 Å². The van der Waals surface area contributed by atoms with Crippen LogP contribution >= 0.6 is 0 Å². The van der Waals surface area contributed by atoms with Crippen molar-refractivity contribution in [1.82, 2.24) is 9.97 Å². The van der Waals surface area contributed by atoms with Gasteiger partial charge in [0.15, 0.2) is 0 Å². The molecule has 33 heavy (non-hydrogen) atoms. The molecule has 0 aliphatic carbocycles. The molecule has 1 aromatic heterocycles. The smallest absolute Gasteiger partial charge is 0.338 e. The molecule has 4 N–H and O–H groups in total. The predicted octanol–water partition coefficient (Wildman–Crippen LogP) is 5.34. The summed E-state index contributed by atoms with van der Waals surface area (Å²) in [6.45, 7) is 1.77. The number of para-hydroxylation sites is 1. The molecule has 0 aliphatic rings. The number of nitrogens with zero attached hydrogens (tertiary/aromatic N) is 1. The molecule has 0 bridgehead atoms. The monoisotopic (exact) mass is 472 g/mol. The first-order chi connectivity index (χ1) is 15.5. The van der Waals surface area contributed by atoms with E-state index in [-0.39, 0.29) is 0 Å². The number of nitrogens with two attached hydrogens (primary N) is 1. The van der Waals surface area contributed by atoms with E-state index in [0.717, 1.165) is 17.7 Å². The number of H-pyrrole nitrogens is 1. The highest BCUT2D eigenvalue weighted by molar-refractivity contribution is 7.90. The Balaban J connectivity index is 1.64. The average molecular weight is 472 g/mol. The van der Waals surface area contributed by atoms with Gasteiger partial charge in [-0.2, -0.15) is 21.6 Å². The van der Waals surface area contributed by atoms with E-state index in [0.29, 0.717) is 39.2 Å². The molecule has 10 heteroatoms. The van der Waals surface area contributed by atoms with E-state index >= 15 is 0 Å². The first-order valence-corrected chi connectivity index (χ1v) is 11.3. The molecule has 3 aromatic carbocycles. The highest BCUT2D eigenvalue weighted by atomic mass is 32.2. The number of alkyl halides is 3. The normalized spacial score (nSPS) is 12.5. The lowest BCUT2D eigenvalue weighted by Gasteiger charge is -2.13. The summed E-state index contributed by atoms with van der Waals surface area (Å²) in [5.41, 5.74) is 3.79. The van der Waals surface area contributed by atoms with Crippen molar-refractivity contribution in [1.29, 1.82) is 0 Å². The number of benzene rings is 3. The van der Waals surface area contributed by atoms with Crippen LogP contribution in [0.25, 0.3) is 34.3 Å². The summed E-state index contributed by atoms with van der Waals surface area (Å²) in [6.07, 6.45) is -1.05. The molecule has 1 heterocycles. The Morgan fingerprint density at radius 3 is 2.42 bits per heavy atom. The summed E-state index contributed by atoms with van der Waals surface area (Å²) in [5.74, 6) is 0.522. The van der Waals surface area contributed by atoms with Gasteiger partial charge in [0.2, 0.25) is 0 Å². The molecule has 0 spiro atoms. The van der Waals surface area contributed by atoms with Gasteiger partial charge in [-0.05, 0) is 54.0 Å². The lowest BCUT2D eigenvalue weighted by atomic mass is 10.0. The number of aryl methyl sites for hydroxylation is 1. The topological polar surface area (TPSA) is 101 Å². The Morgan fingerprint density at radius 2 is 1.76 bits per heavy atom. The van der Waals surface area contributed by atoms with Crippen molar-refractivity contribution >= 4 is 39.1 Å². The van der Waals surface area contributed by atoms with Crippen molar-refractivity contribution in [3.8, 4) is 11.1 Å². The maximum atomic E-state index is 12.7. The van der Waals surface area contributed by atoms with Gasteiger partial charge in [-0.25, -0.2) is 10.1 Å². The minimum atomic E-state index is -4.38. The Kier molecular flexibility index (Phi) is 5.73. The Bertz CT molecular complexity index is 1460. The second kappa shape index (κ2) is 8.38. The summed E-state index contributed by atoms with van der Waals surface area (Å²) < 4.78 is 63.7. The van der Waals surface area contributed by atoms with Crippen LogP contribution in [0.3, 0.4) is 0 Å². The van der Waals surface area contributed by atoms with Gasteiger partial charge in [-0.1, -0.05) is 42.5 Å². The second-order valence-corrected chi connectivity index (χ2v) is 8.75. The number of anilines is 1. The van der Waals surface area contributed by atoms with E-state index in [1.54, 1.807) is 37.3 Å². The van der Waals surface area contributed by atoms with Crippen LogP contribution in [0.4, 0.5) is 18.9 Å². The zero-order valence-corrected chi connectivity index (χ0v) is 18.1. The molecule has 6 nitrogen and oxygen atoms in total. The van der Waals surface area contributed by atoms with E-state index in [1.807, 2.05) is 18.2 Å². The zero-order valence-electron chi connectivity index (χ0n) is 17.3. The molecule has 0 unspecified atom stereocenters. The SMILES string of the molecule is Cc1cccc(-c2ccc3nc(/C=C/c4ccc(C(F)(F)F)cc4)[nH]c3c2)c1NS(N)(=O)=O. The zero-order chi connectivity index (χ0) is 23.8. The Labute approximate surface area is 188 Å². The summed E-state index contributed by atoms with van der Waals surface area (Å²) >= 11 is 0. The van der Waals surface area contributed by atoms with Gasteiger partial charge in [0.1, 0.15) is 5.82 Å². The molecule has 0 fully saturated rings. The molecule has 0 aliphatic heterocycles. The number of aromatic nitrogens is 2. The quantitative estimate of drug-likeness (QED) is 0.365. The van der Waals surface area contributed by atoms with Crippen LogP contribution in [0.1, 0.15) is 22.5 Å². The van der Waals surface area contributed by atoms with Crippen molar-refractivity contribution in [3.05, 3.63) is 83.2 Å². The average Bonchev–Trinajstić information content (AvgIpc) is 3.14. The van der Waals surface area contributed by atoms with Crippen LogP contribution in [0.2, 0.25) is 0 Å². The van der Waals surface area contributed by atoms with Crippen LogP contribution in [-0.2, 0) is 16.4 Å². The lowest BCUT2D eigenvalue weighted by molar-refractivity contribution is -0.137. The first kappa shape index (κ1) is 22.6. The molecule has 0 atom stereocenters. The number of hydrogen-bond acceptors (Lipinski definition) is 3. The highest BCUT2D eigenvalue weighted by Crippen LogP contribution is 2.33. The van der Waals surface area contributed by atoms with Crippen LogP contribution < -0.4 is 9.86 Å². The summed E-state index contributed by atoms with van der Waals surface area (Å²) in [4.78, 5) is 7.62. The van der Waals surface area contributed by atoms with E-state index in [2.05, 4.69) is 14.7 Å². The van der Waals surface area contributed by atoms with Gasteiger partial charge in [0.05, 0.1) is 22.3 Å². The maximum Gasteiger partial charge on any atom is 0.416 e. The van der Waals surface area contributed by atoms with Crippen LogP contribution in [-0.4, -0.2) is 18.4 Å². The maximum absolute atomic E-state index is 12.7. The number of imidazole rings is 1. The molecule has 0 saturated carbocycles. The molecule has 0 radical (unpaired) electrons. The third-order valence-electron chi connectivity index (χ3n) is 5.00. The third-order valence-corrected chi connectivity index (χ3v) is 5.49. The van der Waals surface area contributed by atoms with Crippen molar-refractivity contribution in [2.24, 2.45) is 5.14 Å². The fourth-order valence-corrected chi connectivity index (χ4v) is 3.98. The molecular weight excluding hydrogens is 453 g/mol. The van der Waals surface area contributed by atoms with E-state index < -0.39 is 21.9 Å². The van der Waals surface area contributed by atoms with Crippen LogP contribution in [0.5, 0.6) is 0 Å². The summed E-state index contributed by atoms with van der Waals surface area (Å²) in [5, 5.41) is 5.17. The molecule has 170 valence electrons. The molecule has 0 saturated heterocycles. The first-order valence-electron chi connectivity index (χ1n) is 9.75. The lowest BCUT2D eigenvalue weighted by Crippen LogP contribution is -2.22. The van der Waals surface area contributed by atoms with Gasteiger partial charge in [0, 0.05) is 5.56 Å². The van der Waals surface area contributed by atoms with Crippen molar-refractivity contribution in [3.63, 3.8) is 0 Å². The number of hydrogen-bond donors (Lipinski definition) is 3. The minimum absolute atomic E-state index is 0.390. The third kappa shape index (κ3) is 5.24. The van der Waals surface area contributed by atoms with Gasteiger partial charge >= 0.3 is 6.18 Å².